The molecular formula is C23H28O10S2. The Bertz CT molecular complexity index is 1250. The van der Waals surface area contributed by atoms with Crippen molar-refractivity contribution in [1.29, 1.82) is 0 Å². The van der Waals surface area contributed by atoms with Gasteiger partial charge in [-0.3, -0.25) is 8.37 Å². The summed E-state index contributed by atoms with van der Waals surface area (Å²) in [7, 11) is -8.63. The Morgan fingerprint density at radius 3 is 1.91 bits per heavy atom. The Labute approximate surface area is 205 Å². The zero-order valence-corrected chi connectivity index (χ0v) is 21.3. The lowest BCUT2D eigenvalue weighted by atomic mass is 10.1. The summed E-state index contributed by atoms with van der Waals surface area (Å²) in [5, 5.41) is 10.8. The summed E-state index contributed by atoms with van der Waals surface area (Å²) in [5.74, 6) is -1.02. The topological polar surface area (TPSA) is 135 Å². The summed E-state index contributed by atoms with van der Waals surface area (Å²) in [4.78, 5) is -0.253. The van der Waals surface area contributed by atoms with E-state index in [0.717, 1.165) is 11.1 Å². The molecule has 2 saturated heterocycles. The molecule has 0 spiro atoms. The van der Waals surface area contributed by atoms with Crippen LogP contribution in [0.4, 0.5) is 0 Å². The van der Waals surface area contributed by atoms with E-state index in [1.165, 1.54) is 24.3 Å². The summed E-state index contributed by atoms with van der Waals surface area (Å²) in [6.45, 7) is 6.14. The van der Waals surface area contributed by atoms with E-state index in [-0.39, 0.29) is 9.79 Å². The molecule has 2 aromatic rings. The molecule has 2 aromatic carbocycles. The summed E-state index contributed by atoms with van der Waals surface area (Å²) >= 11 is 0. The lowest BCUT2D eigenvalue weighted by molar-refractivity contribution is -0.225. The summed E-state index contributed by atoms with van der Waals surface area (Å²) in [5.41, 5.74) is 1.69. The largest absolute Gasteiger partial charge is 0.387 e. The molecule has 2 fully saturated rings. The predicted octanol–water partition coefficient (Wildman–Crippen LogP) is 2.02. The molecule has 1 N–H and O–H groups in total. The molecule has 0 amide bonds. The SMILES string of the molecule is Cc1ccc(S(=O)(=O)OC[C@@H](OS(=O)(=O)c2ccc(C)cc2)[C@@H]2O[C@H]3OC(C)(C)O[C@@H]3[C@H]2O)cc1. The van der Waals surface area contributed by atoms with Crippen molar-refractivity contribution in [3.05, 3.63) is 59.7 Å². The molecule has 2 aliphatic rings. The number of aliphatic hydroxyl groups is 1. The molecule has 2 heterocycles. The minimum atomic E-state index is -4.37. The monoisotopic (exact) mass is 528 g/mol. The van der Waals surface area contributed by atoms with Crippen molar-refractivity contribution >= 4 is 20.2 Å². The van der Waals surface area contributed by atoms with E-state index in [1.54, 1.807) is 52.0 Å². The van der Waals surface area contributed by atoms with E-state index in [4.69, 9.17) is 22.6 Å². The van der Waals surface area contributed by atoms with Crippen molar-refractivity contribution in [3.63, 3.8) is 0 Å². The van der Waals surface area contributed by atoms with Crippen LogP contribution in [0.5, 0.6) is 0 Å². The van der Waals surface area contributed by atoms with Crippen molar-refractivity contribution in [1.82, 2.24) is 0 Å². The van der Waals surface area contributed by atoms with E-state index in [2.05, 4.69) is 0 Å². The first-order chi connectivity index (χ1) is 16.3. The molecule has 35 heavy (non-hydrogen) atoms. The van der Waals surface area contributed by atoms with E-state index in [1.807, 2.05) is 0 Å². The molecule has 4 rings (SSSR count). The van der Waals surface area contributed by atoms with Gasteiger partial charge in [0.05, 0.1) is 16.4 Å². The zero-order chi connectivity index (χ0) is 25.6. The van der Waals surface area contributed by atoms with Gasteiger partial charge in [-0.15, -0.1) is 0 Å². The highest BCUT2D eigenvalue weighted by atomic mass is 32.2. The minimum Gasteiger partial charge on any atom is -0.387 e. The van der Waals surface area contributed by atoms with Crippen LogP contribution in [0.25, 0.3) is 0 Å². The first-order valence-corrected chi connectivity index (χ1v) is 13.7. The Balaban J connectivity index is 1.58. The second-order valence-corrected chi connectivity index (χ2v) is 12.2. The van der Waals surface area contributed by atoms with Crippen LogP contribution in [0.15, 0.2) is 58.3 Å². The maximum Gasteiger partial charge on any atom is 0.297 e. The number of aryl methyl sites for hydroxylation is 2. The van der Waals surface area contributed by atoms with Crippen LogP contribution in [0, 0.1) is 13.8 Å². The first-order valence-electron chi connectivity index (χ1n) is 10.9. The van der Waals surface area contributed by atoms with Crippen LogP contribution >= 0.6 is 0 Å². The van der Waals surface area contributed by atoms with Crippen LogP contribution in [-0.4, -0.2) is 65.0 Å². The highest BCUT2D eigenvalue weighted by Crippen LogP contribution is 2.39. The van der Waals surface area contributed by atoms with E-state index in [9.17, 15) is 21.9 Å². The number of hydrogen-bond donors (Lipinski definition) is 1. The average Bonchev–Trinajstić information content (AvgIpc) is 3.24. The summed E-state index contributed by atoms with van der Waals surface area (Å²) in [6, 6.07) is 11.9. The Kier molecular flexibility index (Phi) is 7.12. The predicted molar refractivity (Wildman–Crippen MR) is 122 cm³/mol. The fourth-order valence-corrected chi connectivity index (χ4v) is 5.84. The maximum atomic E-state index is 13.0. The van der Waals surface area contributed by atoms with Gasteiger partial charge in [0.25, 0.3) is 20.2 Å². The zero-order valence-electron chi connectivity index (χ0n) is 19.7. The van der Waals surface area contributed by atoms with Crippen LogP contribution in [0.3, 0.4) is 0 Å². The van der Waals surface area contributed by atoms with Gasteiger partial charge in [0, 0.05) is 0 Å². The second kappa shape index (κ2) is 9.52. The third-order valence-electron chi connectivity index (χ3n) is 5.68. The van der Waals surface area contributed by atoms with Crippen LogP contribution in [0.2, 0.25) is 0 Å². The quantitative estimate of drug-likeness (QED) is 0.507. The van der Waals surface area contributed by atoms with Gasteiger partial charge in [0.15, 0.2) is 12.1 Å². The van der Waals surface area contributed by atoms with Crippen molar-refractivity contribution in [3.8, 4) is 0 Å². The molecule has 0 radical (unpaired) electrons. The van der Waals surface area contributed by atoms with Crippen molar-refractivity contribution in [2.45, 2.75) is 74.0 Å². The second-order valence-electron chi connectivity index (χ2n) is 9.01. The third-order valence-corrected chi connectivity index (χ3v) is 8.32. The van der Waals surface area contributed by atoms with Gasteiger partial charge < -0.3 is 19.3 Å². The normalized spacial score (nSPS) is 27.0. The van der Waals surface area contributed by atoms with Crippen LogP contribution in [0.1, 0.15) is 25.0 Å². The third kappa shape index (κ3) is 5.75. The van der Waals surface area contributed by atoms with E-state index >= 15 is 0 Å². The van der Waals surface area contributed by atoms with Gasteiger partial charge in [-0.05, 0) is 52.0 Å². The van der Waals surface area contributed by atoms with Gasteiger partial charge in [-0.1, -0.05) is 35.4 Å². The van der Waals surface area contributed by atoms with Gasteiger partial charge in [0.1, 0.15) is 24.4 Å². The molecule has 0 aliphatic carbocycles. The van der Waals surface area contributed by atoms with Crippen LogP contribution in [-0.2, 0) is 42.8 Å². The van der Waals surface area contributed by atoms with Gasteiger partial charge >= 0.3 is 0 Å². The van der Waals surface area contributed by atoms with Gasteiger partial charge in [-0.2, -0.15) is 16.8 Å². The average molecular weight is 529 g/mol. The number of ether oxygens (including phenoxy) is 3. The smallest absolute Gasteiger partial charge is 0.297 e. The fraction of sp³-hybridized carbons (Fsp3) is 0.478. The molecule has 0 saturated carbocycles. The molecule has 2 aliphatic heterocycles. The number of benzene rings is 2. The molecule has 12 heteroatoms. The standard InChI is InChI=1S/C23H28O10S2/c1-14-5-9-16(10-6-14)34(25,26)29-13-18(33-35(27,28)17-11-7-15(2)8-12-17)20-19(24)21-22(30-20)32-23(3,4)31-21/h5-12,18-22,24H,13H2,1-4H3/t18-,19+,20+,21-,22+/m1/s1. The first kappa shape index (κ1) is 26.2. The maximum absolute atomic E-state index is 13.0. The van der Waals surface area contributed by atoms with Crippen LogP contribution < -0.4 is 0 Å². The molecule has 0 unspecified atom stereocenters. The molecule has 0 bridgehead atoms. The summed E-state index contributed by atoms with van der Waals surface area (Å²) in [6.07, 6.45) is -6.12. The Hall–Kier alpha value is -1.90. The Morgan fingerprint density at radius 1 is 0.886 bits per heavy atom. The minimum absolute atomic E-state index is 0.110. The van der Waals surface area contributed by atoms with Crippen molar-refractivity contribution in [2.24, 2.45) is 0 Å². The molecule has 192 valence electrons. The summed E-state index contributed by atoms with van der Waals surface area (Å²) < 4.78 is 78.9. The lowest BCUT2D eigenvalue weighted by Crippen LogP contribution is -2.45. The molecule has 5 atom stereocenters. The fourth-order valence-electron chi connectivity index (χ4n) is 3.85. The van der Waals surface area contributed by atoms with Gasteiger partial charge in [-0.25, -0.2) is 0 Å². The van der Waals surface area contributed by atoms with Crippen molar-refractivity contribution in [2.75, 3.05) is 6.61 Å². The number of aliphatic hydroxyl groups excluding tert-OH is 1. The number of hydrogen-bond acceptors (Lipinski definition) is 10. The highest BCUT2D eigenvalue weighted by Gasteiger charge is 2.57. The number of fused-ring (bicyclic) bond motifs is 1. The molecular weight excluding hydrogens is 500 g/mol. The highest BCUT2D eigenvalue weighted by molar-refractivity contribution is 7.87. The molecule has 10 nitrogen and oxygen atoms in total. The van der Waals surface area contributed by atoms with Crippen molar-refractivity contribution < 1.29 is 44.5 Å². The van der Waals surface area contributed by atoms with E-state index in [0.29, 0.717) is 0 Å². The number of rotatable bonds is 8. The van der Waals surface area contributed by atoms with E-state index < -0.39 is 63.3 Å². The lowest BCUT2D eigenvalue weighted by Gasteiger charge is -2.28. The van der Waals surface area contributed by atoms with Gasteiger partial charge in [0.2, 0.25) is 0 Å². The molecule has 0 aromatic heterocycles. The Morgan fingerprint density at radius 2 is 1.40 bits per heavy atom.